The molecule has 2 amide bonds. The van der Waals surface area contributed by atoms with Crippen molar-refractivity contribution in [3.8, 4) is 11.1 Å². The van der Waals surface area contributed by atoms with Crippen LogP contribution in [0.5, 0.6) is 0 Å². The van der Waals surface area contributed by atoms with Crippen LogP contribution in [0.1, 0.15) is 6.42 Å². The summed E-state index contributed by atoms with van der Waals surface area (Å²) in [7, 11) is 0. The number of anilines is 1. The minimum absolute atomic E-state index is 0.00925. The van der Waals surface area contributed by atoms with Crippen molar-refractivity contribution in [1.29, 1.82) is 0 Å². The standard InChI is InChI=1S/C21H22N2O2S/c24-20(22-12-14-26-15-13-22)18-10-11-23(21(18)25)19-9-5-4-8-17(19)16-6-2-1-3-7-16/h1-9,18H,10-15H2. The van der Waals surface area contributed by atoms with Crippen LogP contribution in [0, 0.1) is 5.92 Å². The van der Waals surface area contributed by atoms with E-state index in [-0.39, 0.29) is 11.8 Å². The quantitative estimate of drug-likeness (QED) is 0.783. The molecular weight excluding hydrogens is 344 g/mol. The maximum absolute atomic E-state index is 13.0. The summed E-state index contributed by atoms with van der Waals surface area (Å²) in [6.45, 7) is 2.11. The van der Waals surface area contributed by atoms with Crippen molar-refractivity contribution in [2.75, 3.05) is 36.0 Å². The average molecular weight is 366 g/mol. The second-order valence-corrected chi connectivity index (χ2v) is 7.88. The number of para-hydroxylation sites is 1. The highest BCUT2D eigenvalue weighted by Crippen LogP contribution is 2.35. The van der Waals surface area contributed by atoms with Gasteiger partial charge in [0.05, 0.1) is 5.69 Å². The molecule has 0 spiro atoms. The second kappa shape index (κ2) is 7.54. The lowest BCUT2D eigenvalue weighted by atomic mass is 10.0. The van der Waals surface area contributed by atoms with E-state index in [1.54, 1.807) is 4.90 Å². The highest BCUT2D eigenvalue weighted by atomic mass is 32.2. The number of rotatable bonds is 3. The van der Waals surface area contributed by atoms with Crippen molar-refractivity contribution >= 4 is 29.3 Å². The summed E-state index contributed by atoms with van der Waals surface area (Å²) < 4.78 is 0. The molecule has 0 aliphatic carbocycles. The largest absolute Gasteiger partial charge is 0.340 e. The first-order valence-electron chi connectivity index (χ1n) is 9.08. The first-order valence-corrected chi connectivity index (χ1v) is 10.2. The molecule has 0 N–H and O–H groups in total. The fourth-order valence-electron chi connectivity index (χ4n) is 3.72. The number of amides is 2. The highest BCUT2D eigenvalue weighted by Gasteiger charge is 2.40. The molecule has 0 aromatic heterocycles. The summed E-state index contributed by atoms with van der Waals surface area (Å²) >= 11 is 1.87. The summed E-state index contributed by atoms with van der Waals surface area (Å²) in [5, 5.41) is 0. The van der Waals surface area contributed by atoms with Crippen LogP contribution in [0.15, 0.2) is 54.6 Å². The van der Waals surface area contributed by atoms with Crippen LogP contribution in [0.2, 0.25) is 0 Å². The molecule has 0 bridgehead atoms. The van der Waals surface area contributed by atoms with Crippen LogP contribution in [0.4, 0.5) is 5.69 Å². The van der Waals surface area contributed by atoms with Crippen molar-refractivity contribution in [2.45, 2.75) is 6.42 Å². The van der Waals surface area contributed by atoms with Gasteiger partial charge in [0.15, 0.2) is 0 Å². The minimum atomic E-state index is -0.526. The maximum Gasteiger partial charge on any atom is 0.239 e. The molecular formula is C21H22N2O2S. The molecule has 4 nitrogen and oxygen atoms in total. The Morgan fingerprint density at radius 2 is 1.62 bits per heavy atom. The Balaban J connectivity index is 1.58. The molecule has 2 aromatic carbocycles. The van der Waals surface area contributed by atoms with Crippen LogP contribution >= 0.6 is 11.8 Å². The third kappa shape index (κ3) is 3.23. The number of carbonyl (C=O) groups is 2. The molecule has 2 saturated heterocycles. The van der Waals surface area contributed by atoms with Gasteiger partial charge in [-0.1, -0.05) is 48.5 Å². The lowest BCUT2D eigenvalue weighted by Crippen LogP contribution is -2.44. The van der Waals surface area contributed by atoms with E-state index in [4.69, 9.17) is 0 Å². The van der Waals surface area contributed by atoms with Gasteiger partial charge in [0, 0.05) is 36.7 Å². The summed E-state index contributed by atoms with van der Waals surface area (Å²) in [6, 6.07) is 18.0. The second-order valence-electron chi connectivity index (χ2n) is 6.65. The van der Waals surface area contributed by atoms with E-state index in [9.17, 15) is 9.59 Å². The van der Waals surface area contributed by atoms with E-state index in [2.05, 4.69) is 0 Å². The first kappa shape index (κ1) is 17.2. The number of carbonyl (C=O) groups excluding carboxylic acids is 2. The van der Waals surface area contributed by atoms with Gasteiger partial charge in [-0.25, -0.2) is 0 Å². The van der Waals surface area contributed by atoms with Crippen LogP contribution in [-0.4, -0.2) is 47.9 Å². The fraction of sp³-hybridized carbons (Fsp3) is 0.333. The van der Waals surface area contributed by atoms with E-state index >= 15 is 0 Å². The zero-order chi connectivity index (χ0) is 17.9. The third-order valence-electron chi connectivity index (χ3n) is 5.11. The van der Waals surface area contributed by atoms with Gasteiger partial charge >= 0.3 is 0 Å². The van der Waals surface area contributed by atoms with Crippen molar-refractivity contribution < 1.29 is 9.59 Å². The number of nitrogens with zero attached hydrogens (tertiary/aromatic N) is 2. The van der Waals surface area contributed by atoms with Crippen molar-refractivity contribution in [3.05, 3.63) is 54.6 Å². The molecule has 2 aliphatic rings. The Morgan fingerprint density at radius 3 is 2.38 bits per heavy atom. The first-order chi connectivity index (χ1) is 12.8. The average Bonchev–Trinajstić information content (AvgIpc) is 3.10. The molecule has 2 heterocycles. The van der Waals surface area contributed by atoms with Gasteiger partial charge in [-0.05, 0) is 18.1 Å². The Hall–Kier alpha value is -2.27. The molecule has 2 aliphatic heterocycles. The topological polar surface area (TPSA) is 40.6 Å². The van der Waals surface area contributed by atoms with Crippen molar-refractivity contribution in [1.82, 2.24) is 4.90 Å². The maximum atomic E-state index is 13.0. The molecule has 2 aromatic rings. The van der Waals surface area contributed by atoms with Crippen LogP contribution in [0.3, 0.4) is 0 Å². The minimum Gasteiger partial charge on any atom is -0.340 e. The molecule has 26 heavy (non-hydrogen) atoms. The fourth-order valence-corrected chi connectivity index (χ4v) is 4.63. The Kier molecular flexibility index (Phi) is 4.98. The molecule has 1 atom stereocenters. The SMILES string of the molecule is O=C(C1CCN(c2ccccc2-c2ccccc2)C1=O)N1CCSCC1. The molecule has 2 fully saturated rings. The Morgan fingerprint density at radius 1 is 0.923 bits per heavy atom. The van der Waals surface area contributed by atoms with Crippen LogP contribution in [-0.2, 0) is 9.59 Å². The van der Waals surface area contributed by atoms with Gasteiger partial charge in [0.25, 0.3) is 0 Å². The molecule has 134 valence electrons. The van der Waals surface area contributed by atoms with Gasteiger partial charge in [0.1, 0.15) is 5.92 Å². The lowest BCUT2D eigenvalue weighted by molar-refractivity contribution is -0.139. The Bertz CT molecular complexity index is 803. The number of hydrogen-bond acceptors (Lipinski definition) is 3. The van der Waals surface area contributed by atoms with E-state index in [0.29, 0.717) is 13.0 Å². The predicted octanol–water partition coefficient (Wildman–Crippen LogP) is 3.28. The number of benzene rings is 2. The van der Waals surface area contributed by atoms with Crippen LogP contribution < -0.4 is 4.90 Å². The van der Waals surface area contributed by atoms with Gasteiger partial charge < -0.3 is 9.80 Å². The third-order valence-corrected chi connectivity index (χ3v) is 6.05. The molecule has 5 heteroatoms. The lowest BCUT2D eigenvalue weighted by Gasteiger charge is -2.28. The molecule has 4 rings (SSSR count). The van der Waals surface area contributed by atoms with Crippen molar-refractivity contribution in [3.63, 3.8) is 0 Å². The summed E-state index contributed by atoms with van der Waals surface area (Å²) in [4.78, 5) is 29.5. The van der Waals surface area contributed by atoms with Gasteiger partial charge in [0.2, 0.25) is 11.8 Å². The molecule has 0 radical (unpaired) electrons. The van der Waals surface area contributed by atoms with E-state index in [0.717, 1.165) is 41.4 Å². The smallest absolute Gasteiger partial charge is 0.239 e. The van der Waals surface area contributed by atoms with E-state index < -0.39 is 5.92 Å². The zero-order valence-corrected chi connectivity index (χ0v) is 15.5. The predicted molar refractivity (Wildman–Crippen MR) is 106 cm³/mol. The van der Waals surface area contributed by atoms with E-state index in [1.807, 2.05) is 71.3 Å². The molecule has 1 unspecified atom stereocenters. The molecule has 0 saturated carbocycles. The van der Waals surface area contributed by atoms with Gasteiger partial charge in [-0.15, -0.1) is 0 Å². The van der Waals surface area contributed by atoms with Crippen molar-refractivity contribution in [2.24, 2.45) is 5.92 Å². The zero-order valence-electron chi connectivity index (χ0n) is 14.6. The Labute approximate surface area is 158 Å². The van der Waals surface area contributed by atoms with E-state index in [1.165, 1.54) is 0 Å². The number of hydrogen-bond donors (Lipinski definition) is 0. The highest BCUT2D eigenvalue weighted by molar-refractivity contribution is 7.99. The summed E-state index contributed by atoms with van der Waals surface area (Å²) in [6.07, 6.45) is 0.602. The summed E-state index contributed by atoms with van der Waals surface area (Å²) in [5.74, 6) is 1.36. The number of thioether (sulfide) groups is 1. The monoisotopic (exact) mass is 366 g/mol. The van der Waals surface area contributed by atoms with Gasteiger partial charge in [-0.3, -0.25) is 9.59 Å². The summed E-state index contributed by atoms with van der Waals surface area (Å²) in [5.41, 5.74) is 3.01. The van der Waals surface area contributed by atoms with Crippen LogP contribution in [0.25, 0.3) is 11.1 Å². The normalized spacial score (nSPS) is 20.5. The van der Waals surface area contributed by atoms with Gasteiger partial charge in [-0.2, -0.15) is 11.8 Å².